The number of aromatic nitrogens is 1. The number of furan rings is 1. The van der Waals surface area contributed by atoms with E-state index in [-0.39, 0.29) is 5.76 Å². The Morgan fingerprint density at radius 1 is 1.53 bits per heavy atom. The summed E-state index contributed by atoms with van der Waals surface area (Å²) in [5, 5.41) is 3.65. The number of rotatable bonds is 2. The molecule has 0 spiro atoms. The summed E-state index contributed by atoms with van der Waals surface area (Å²) in [6, 6.07) is 3.70. The van der Waals surface area contributed by atoms with Crippen LogP contribution in [0.3, 0.4) is 0 Å². The summed E-state index contributed by atoms with van der Waals surface area (Å²) in [6.45, 7) is 1.85. The van der Waals surface area contributed by atoms with Crippen LogP contribution in [0.25, 0.3) is 11.1 Å². The van der Waals surface area contributed by atoms with Crippen LogP contribution in [0.15, 0.2) is 16.5 Å². The van der Waals surface area contributed by atoms with Gasteiger partial charge in [0.05, 0.1) is 11.1 Å². The standard InChI is InChI=1S/C10H11N3O2/c1-5-3-4-6-7(12-2)8(9(11)14)15-10(6)13-5/h3-4,12H,1-2H3,(H2,11,14). The molecule has 1 amide bonds. The number of aryl methyl sites for hydroxylation is 1. The Labute approximate surface area is 86.3 Å². The molecule has 78 valence electrons. The van der Waals surface area contributed by atoms with E-state index in [9.17, 15) is 4.79 Å². The van der Waals surface area contributed by atoms with Crippen LogP contribution in [-0.2, 0) is 0 Å². The molecule has 0 saturated heterocycles. The van der Waals surface area contributed by atoms with Gasteiger partial charge < -0.3 is 15.5 Å². The number of hydrogen-bond donors (Lipinski definition) is 2. The first-order chi connectivity index (χ1) is 7.13. The maximum absolute atomic E-state index is 11.1. The highest BCUT2D eigenvalue weighted by atomic mass is 16.4. The van der Waals surface area contributed by atoms with Gasteiger partial charge in [0, 0.05) is 12.7 Å². The first-order valence-corrected chi connectivity index (χ1v) is 4.51. The lowest BCUT2D eigenvalue weighted by Gasteiger charge is -1.96. The van der Waals surface area contributed by atoms with E-state index < -0.39 is 5.91 Å². The third-order valence-corrected chi connectivity index (χ3v) is 2.17. The van der Waals surface area contributed by atoms with E-state index in [2.05, 4.69) is 10.3 Å². The highest BCUT2D eigenvalue weighted by Crippen LogP contribution is 2.29. The predicted molar refractivity (Wildman–Crippen MR) is 56.8 cm³/mol. The molecule has 0 aromatic carbocycles. The van der Waals surface area contributed by atoms with E-state index >= 15 is 0 Å². The fourth-order valence-electron chi connectivity index (χ4n) is 1.49. The Bertz CT molecular complexity index is 531. The normalized spacial score (nSPS) is 10.5. The minimum atomic E-state index is -0.602. The Kier molecular flexibility index (Phi) is 2.07. The van der Waals surface area contributed by atoms with Crippen LogP contribution < -0.4 is 11.1 Å². The van der Waals surface area contributed by atoms with Crippen molar-refractivity contribution in [1.29, 1.82) is 0 Å². The van der Waals surface area contributed by atoms with Crippen molar-refractivity contribution in [3.8, 4) is 0 Å². The second-order valence-electron chi connectivity index (χ2n) is 3.23. The lowest BCUT2D eigenvalue weighted by molar-refractivity contribution is 0.0976. The molecule has 15 heavy (non-hydrogen) atoms. The lowest BCUT2D eigenvalue weighted by Crippen LogP contribution is -2.11. The summed E-state index contributed by atoms with van der Waals surface area (Å²) in [5.41, 5.74) is 7.03. The van der Waals surface area contributed by atoms with Gasteiger partial charge in [-0.15, -0.1) is 0 Å². The topological polar surface area (TPSA) is 81.1 Å². The molecule has 2 aromatic rings. The largest absolute Gasteiger partial charge is 0.430 e. The summed E-state index contributed by atoms with van der Waals surface area (Å²) >= 11 is 0. The Morgan fingerprint density at radius 3 is 2.87 bits per heavy atom. The summed E-state index contributed by atoms with van der Waals surface area (Å²) in [6.07, 6.45) is 0. The van der Waals surface area contributed by atoms with E-state index in [1.807, 2.05) is 19.1 Å². The first kappa shape index (κ1) is 9.51. The van der Waals surface area contributed by atoms with Gasteiger partial charge in [0.15, 0.2) is 0 Å². The van der Waals surface area contributed by atoms with Crippen LogP contribution in [0, 0.1) is 6.92 Å². The number of anilines is 1. The van der Waals surface area contributed by atoms with Crippen LogP contribution in [-0.4, -0.2) is 17.9 Å². The number of amides is 1. The van der Waals surface area contributed by atoms with Gasteiger partial charge in [-0.3, -0.25) is 4.79 Å². The van der Waals surface area contributed by atoms with Gasteiger partial charge >= 0.3 is 0 Å². The average molecular weight is 205 g/mol. The van der Waals surface area contributed by atoms with E-state index in [0.717, 1.165) is 11.1 Å². The molecule has 0 radical (unpaired) electrons. The van der Waals surface area contributed by atoms with Crippen molar-refractivity contribution in [2.24, 2.45) is 5.73 Å². The minimum absolute atomic E-state index is 0.116. The van der Waals surface area contributed by atoms with Crippen molar-refractivity contribution < 1.29 is 9.21 Å². The Balaban J connectivity index is 2.78. The molecule has 0 bridgehead atoms. The first-order valence-electron chi connectivity index (χ1n) is 4.51. The molecule has 0 aliphatic carbocycles. The van der Waals surface area contributed by atoms with Crippen molar-refractivity contribution in [1.82, 2.24) is 4.98 Å². The Morgan fingerprint density at radius 2 is 2.27 bits per heavy atom. The SMILES string of the molecule is CNc1c(C(N)=O)oc2nc(C)ccc12. The van der Waals surface area contributed by atoms with Crippen molar-refractivity contribution >= 4 is 22.7 Å². The molecule has 3 N–H and O–H groups in total. The van der Waals surface area contributed by atoms with Crippen molar-refractivity contribution in [3.63, 3.8) is 0 Å². The van der Waals surface area contributed by atoms with Crippen LogP contribution >= 0.6 is 0 Å². The van der Waals surface area contributed by atoms with Crippen LogP contribution in [0.5, 0.6) is 0 Å². The second kappa shape index (κ2) is 3.27. The predicted octanol–water partition coefficient (Wildman–Crippen LogP) is 1.28. The molecule has 0 fully saturated rings. The van der Waals surface area contributed by atoms with Gasteiger partial charge in [-0.2, -0.15) is 0 Å². The number of hydrogen-bond acceptors (Lipinski definition) is 4. The van der Waals surface area contributed by atoms with Gasteiger partial charge in [-0.1, -0.05) is 0 Å². The number of nitrogens with zero attached hydrogens (tertiary/aromatic N) is 1. The van der Waals surface area contributed by atoms with Crippen molar-refractivity contribution in [3.05, 3.63) is 23.6 Å². The third kappa shape index (κ3) is 1.41. The third-order valence-electron chi connectivity index (χ3n) is 2.17. The molecule has 0 aliphatic heterocycles. The highest BCUT2D eigenvalue weighted by molar-refractivity contribution is 6.04. The molecule has 0 atom stereocenters. The zero-order valence-electron chi connectivity index (χ0n) is 8.50. The molecule has 0 unspecified atom stereocenters. The van der Waals surface area contributed by atoms with Gasteiger partial charge in [0.1, 0.15) is 0 Å². The average Bonchev–Trinajstić information content (AvgIpc) is 2.55. The van der Waals surface area contributed by atoms with E-state index in [1.54, 1.807) is 7.05 Å². The summed E-state index contributed by atoms with van der Waals surface area (Å²) in [5.74, 6) is -0.486. The fourth-order valence-corrected chi connectivity index (χ4v) is 1.49. The van der Waals surface area contributed by atoms with E-state index in [1.165, 1.54) is 0 Å². The number of carbonyl (C=O) groups excluding carboxylic acids is 1. The molecule has 0 aliphatic rings. The monoisotopic (exact) mass is 205 g/mol. The molecule has 0 saturated carbocycles. The van der Waals surface area contributed by atoms with Crippen LogP contribution in [0.2, 0.25) is 0 Å². The maximum atomic E-state index is 11.1. The van der Waals surface area contributed by atoms with Gasteiger partial charge in [0.25, 0.3) is 5.91 Å². The zero-order valence-corrected chi connectivity index (χ0v) is 8.50. The van der Waals surface area contributed by atoms with Gasteiger partial charge in [0.2, 0.25) is 11.5 Å². The zero-order chi connectivity index (χ0) is 11.0. The molecular formula is C10H11N3O2. The Hall–Kier alpha value is -2.04. The molecular weight excluding hydrogens is 194 g/mol. The summed E-state index contributed by atoms with van der Waals surface area (Å²) in [4.78, 5) is 15.3. The number of nitrogens with one attached hydrogen (secondary N) is 1. The molecule has 2 aromatic heterocycles. The smallest absolute Gasteiger partial charge is 0.286 e. The number of pyridine rings is 1. The molecule has 2 heterocycles. The number of nitrogens with two attached hydrogens (primary N) is 1. The number of carbonyl (C=O) groups is 1. The second-order valence-corrected chi connectivity index (χ2v) is 3.23. The van der Waals surface area contributed by atoms with Gasteiger partial charge in [-0.05, 0) is 19.1 Å². The minimum Gasteiger partial charge on any atom is -0.430 e. The molecule has 5 heteroatoms. The molecule has 5 nitrogen and oxygen atoms in total. The van der Waals surface area contributed by atoms with Gasteiger partial charge in [-0.25, -0.2) is 4.98 Å². The fraction of sp³-hybridized carbons (Fsp3) is 0.200. The van der Waals surface area contributed by atoms with Crippen LogP contribution in [0.4, 0.5) is 5.69 Å². The maximum Gasteiger partial charge on any atom is 0.286 e. The summed E-state index contributed by atoms with van der Waals surface area (Å²) in [7, 11) is 1.70. The molecule has 2 rings (SSSR count). The van der Waals surface area contributed by atoms with Crippen molar-refractivity contribution in [2.45, 2.75) is 6.92 Å². The highest BCUT2D eigenvalue weighted by Gasteiger charge is 2.17. The number of primary amides is 1. The quantitative estimate of drug-likeness (QED) is 0.773. The van der Waals surface area contributed by atoms with E-state index in [0.29, 0.717) is 11.4 Å². The van der Waals surface area contributed by atoms with E-state index in [4.69, 9.17) is 10.2 Å². The summed E-state index contributed by atoms with van der Waals surface area (Å²) < 4.78 is 5.28. The lowest BCUT2D eigenvalue weighted by atomic mass is 10.2. The van der Waals surface area contributed by atoms with Crippen molar-refractivity contribution in [2.75, 3.05) is 12.4 Å². The van der Waals surface area contributed by atoms with Crippen LogP contribution in [0.1, 0.15) is 16.2 Å². The number of fused-ring (bicyclic) bond motifs is 1.